The van der Waals surface area contributed by atoms with Crippen LogP contribution < -0.4 is 15.4 Å². The molecule has 1 unspecified atom stereocenters. The van der Waals surface area contributed by atoms with Gasteiger partial charge in [-0.2, -0.15) is 10.2 Å². The average Bonchev–Trinajstić information content (AvgIpc) is 3.94. The number of carbonyl (C=O) groups excluding carboxylic acids is 1. The molecule has 1 aromatic carbocycles. The number of fused-ring (bicyclic) bond motifs is 1. The van der Waals surface area contributed by atoms with Gasteiger partial charge in [-0.25, -0.2) is 19.4 Å². The summed E-state index contributed by atoms with van der Waals surface area (Å²) in [6.07, 6.45) is 8.79. The van der Waals surface area contributed by atoms with E-state index in [1.54, 1.807) is 23.1 Å². The Morgan fingerprint density at radius 2 is 1.98 bits per heavy atom. The SMILES string of the molecule is CC(C)[C@@H](C(=O)OCc1ccccc1)n1cc(OCCCC(C)N2CCCN(c3nccc(-c4noc([C@@]5(C)CCCc6sc(N)c(C#N)c65)n4)n3)[C@@H](C)C2)nn1. The number of rotatable bonds is 14. The first-order valence-electron chi connectivity index (χ1n) is 19.8. The fourth-order valence-corrected chi connectivity index (χ4v) is 9.25. The average molecular weight is 794 g/mol. The Balaban J connectivity index is 0.916. The van der Waals surface area contributed by atoms with Crippen molar-refractivity contribution in [3.05, 3.63) is 76.3 Å². The lowest BCUT2D eigenvalue weighted by Crippen LogP contribution is -2.42. The molecule has 15 nitrogen and oxygen atoms in total. The second-order valence-corrected chi connectivity index (χ2v) is 16.8. The highest BCUT2D eigenvalue weighted by Crippen LogP contribution is 2.48. The van der Waals surface area contributed by atoms with E-state index in [1.165, 1.54) is 11.3 Å². The zero-order valence-corrected chi connectivity index (χ0v) is 34.1. The van der Waals surface area contributed by atoms with Crippen molar-refractivity contribution < 1.29 is 18.8 Å². The van der Waals surface area contributed by atoms with E-state index in [0.29, 0.717) is 52.5 Å². The lowest BCUT2D eigenvalue weighted by molar-refractivity contribution is -0.151. The van der Waals surface area contributed by atoms with E-state index in [4.69, 9.17) is 29.7 Å². The number of aryl methyl sites for hydroxylation is 1. The van der Waals surface area contributed by atoms with Crippen LogP contribution in [0.2, 0.25) is 0 Å². The predicted molar refractivity (Wildman–Crippen MR) is 215 cm³/mol. The summed E-state index contributed by atoms with van der Waals surface area (Å²) in [5, 5.41) is 23.2. The fraction of sp³-hybridized carbons (Fsp3) is 0.512. The molecular formula is C41H51N11O4S. The third-order valence-electron chi connectivity index (χ3n) is 11.2. The largest absolute Gasteiger partial charge is 0.475 e. The lowest BCUT2D eigenvalue weighted by Gasteiger charge is -2.32. The zero-order valence-electron chi connectivity index (χ0n) is 33.3. The number of hydrogen-bond acceptors (Lipinski definition) is 15. The van der Waals surface area contributed by atoms with E-state index < -0.39 is 11.5 Å². The number of hydrogen-bond donors (Lipinski definition) is 1. The molecule has 57 heavy (non-hydrogen) atoms. The molecule has 1 saturated heterocycles. The minimum atomic E-state index is -0.603. The number of nitrogens with two attached hydrogens (primary N) is 1. The van der Waals surface area contributed by atoms with Crippen LogP contribution in [0.3, 0.4) is 0 Å². The lowest BCUT2D eigenvalue weighted by atomic mass is 9.72. The van der Waals surface area contributed by atoms with Gasteiger partial charge >= 0.3 is 5.97 Å². The van der Waals surface area contributed by atoms with Gasteiger partial charge in [-0.05, 0) is 76.8 Å². The Hall–Kier alpha value is -5.40. The second-order valence-electron chi connectivity index (χ2n) is 15.7. The third-order valence-corrected chi connectivity index (χ3v) is 12.2. The number of carbonyl (C=O) groups is 1. The van der Waals surface area contributed by atoms with Gasteiger partial charge in [0, 0.05) is 48.4 Å². The Morgan fingerprint density at radius 3 is 2.77 bits per heavy atom. The molecule has 0 spiro atoms. The molecule has 0 amide bonds. The highest BCUT2D eigenvalue weighted by atomic mass is 32.1. The molecule has 5 heterocycles. The summed E-state index contributed by atoms with van der Waals surface area (Å²) < 4.78 is 19.0. The number of nitrogens with zero attached hydrogens (tertiary/aromatic N) is 10. The van der Waals surface area contributed by atoms with Crippen molar-refractivity contribution in [2.24, 2.45) is 5.92 Å². The molecule has 300 valence electrons. The number of nitrogen functional groups attached to an aromatic ring is 1. The minimum absolute atomic E-state index is 0.0448. The molecule has 0 bridgehead atoms. The van der Waals surface area contributed by atoms with Gasteiger partial charge in [-0.3, -0.25) is 4.90 Å². The summed E-state index contributed by atoms with van der Waals surface area (Å²) >= 11 is 1.48. The molecule has 7 rings (SSSR count). The summed E-state index contributed by atoms with van der Waals surface area (Å²) in [6, 6.07) is 13.6. The molecule has 5 aromatic rings. The molecule has 4 atom stereocenters. The zero-order chi connectivity index (χ0) is 40.1. The standard InChI is InChI=1S/C41H51N11O4S/c1-26(2)35(38(53)55-25-29-13-7-6-8-14-29)52-24-33(47-49-52)54-21-10-12-27(3)50-19-11-20-51(28(4)23-50)40-44-18-16-31(45-40)37-46-39(56-48-37)41(5)17-9-15-32-34(41)30(22-42)36(43)57-32/h6-8,13-14,16,18,24,26-28,35H,9-12,15,17,19-21,23,25,43H2,1-5H3/t27?,28-,35-,41-/m0/s1. The number of aromatic nitrogens is 7. The molecule has 4 aromatic heterocycles. The maximum atomic E-state index is 13.0. The van der Waals surface area contributed by atoms with E-state index in [0.717, 1.165) is 74.2 Å². The van der Waals surface area contributed by atoms with E-state index >= 15 is 0 Å². The van der Waals surface area contributed by atoms with Crippen LogP contribution >= 0.6 is 11.3 Å². The van der Waals surface area contributed by atoms with Crippen LogP contribution in [0.1, 0.15) is 100 Å². The Bertz CT molecular complexity index is 2180. The Labute approximate surface area is 337 Å². The monoisotopic (exact) mass is 793 g/mol. The molecule has 1 fully saturated rings. The molecule has 1 aliphatic heterocycles. The summed E-state index contributed by atoms with van der Waals surface area (Å²) in [5.41, 5.74) is 8.59. The first-order chi connectivity index (χ1) is 27.5. The van der Waals surface area contributed by atoms with Gasteiger partial charge in [0.15, 0.2) is 6.04 Å². The van der Waals surface area contributed by atoms with Crippen molar-refractivity contribution in [2.75, 3.05) is 36.9 Å². The first-order valence-corrected chi connectivity index (χ1v) is 20.6. The molecule has 2 N–H and O–H groups in total. The van der Waals surface area contributed by atoms with Crippen LogP contribution in [0.25, 0.3) is 11.5 Å². The topological polar surface area (TPSA) is 187 Å². The number of esters is 1. The number of anilines is 2. The van der Waals surface area contributed by atoms with Crippen molar-refractivity contribution in [3.63, 3.8) is 0 Å². The number of nitriles is 1. The maximum Gasteiger partial charge on any atom is 0.331 e. The summed E-state index contributed by atoms with van der Waals surface area (Å²) in [6.45, 7) is 13.8. The Kier molecular flexibility index (Phi) is 12.2. The van der Waals surface area contributed by atoms with Gasteiger partial charge < -0.3 is 24.6 Å². The number of thiophene rings is 1. The molecular weight excluding hydrogens is 743 g/mol. The Morgan fingerprint density at radius 1 is 1.16 bits per heavy atom. The van der Waals surface area contributed by atoms with Crippen LogP contribution in [0.4, 0.5) is 10.9 Å². The highest BCUT2D eigenvalue weighted by molar-refractivity contribution is 7.16. The normalized spacial score (nSPS) is 19.7. The first kappa shape index (κ1) is 39.8. The second kappa shape index (κ2) is 17.4. The highest BCUT2D eigenvalue weighted by Gasteiger charge is 2.43. The summed E-state index contributed by atoms with van der Waals surface area (Å²) in [5.74, 6) is 1.49. The minimum Gasteiger partial charge on any atom is -0.475 e. The van der Waals surface area contributed by atoms with Gasteiger partial charge in [0.05, 0.1) is 23.8 Å². The summed E-state index contributed by atoms with van der Waals surface area (Å²) in [4.78, 5) is 33.3. The van der Waals surface area contributed by atoms with Crippen LogP contribution in [-0.4, -0.2) is 84.3 Å². The molecule has 0 radical (unpaired) electrons. The van der Waals surface area contributed by atoms with Crippen molar-refractivity contribution in [2.45, 2.75) is 103 Å². The van der Waals surface area contributed by atoms with E-state index in [-0.39, 0.29) is 24.5 Å². The van der Waals surface area contributed by atoms with Crippen LogP contribution in [0.15, 0.2) is 53.3 Å². The van der Waals surface area contributed by atoms with Gasteiger partial charge in [0.1, 0.15) is 23.4 Å². The summed E-state index contributed by atoms with van der Waals surface area (Å²) in [7, 11) is 0. The number of benzene rings is 1. The van der Waals surface area contributed by atoms with E-state index in [2.05, 4.69) is 57.1 Å². The maximum absolute atomic E-state index is 13.0. The van der Waals surface area contributed by atoms with Gasteiger partial charge in [-0.1, -0.05) is 59.6 Å². The van der Waals surface area contributed by atoms with Crippen LogP contribution in [0, 0.1) is 17.2 Å². The van der Waals surface area contributed by atoms with Gasteiger partial charge in [-0.15, -0.1) is 11.3 Å². The molecule has 1 aliphatic carbocycles. The van der Waals surface area contributed by atoms with E-state index in [1.807, 2.05) is 44.2 Å². The predicted octanol–water partition coefficient (Wildman–Crippen LogP) is 6.36. The molecule has 2 aliphatic rings. The van der Waals surface area contributed by atoms with E-state index in [9.17, 15) is 10.1 Å². The van der Waals surface area contributed by atoms with Crippen LogP contribution in [0.5, 0.6) is 5.88 Å². The molecule has 0 saturated carbocycles. The molecule has 16 heteroatoms. The number of ether oxygens (including phenoxy) is 2. The quantitative estimate of drug-likeness (QED) is 0.0966. The van der Waals surface area contributed by atoms with Gasteiger partial charge in [0.25, 0.3) is 5.88 Å². The van der Waals surface area contributed by atoms with Crippen molar-refractivity contribution in [1.82, 2.24) is 40.0 Å². The van der Waals surface area contributed by atoms with Crippen molar-refractivity contribution in [1.29, 1.82) is 5.26 Å². The fourth-order valence-electron chi connectivity index (χ4n) is 8.06. The smallest absolute Gasteiger partial charge is 0.331 e. The van der Waals surface area contributed by atoms with Crippen molar-refractivity contribution >= 4 is 28.3 Å². The third kappa shape index (κ3) is 8.64. The van der Waals surface area contributed by atoms with Crippen LogP contribution in [-0.2, 0) is 28.0 Å². The van der Waals surface area contributed by atoms with Crippen molar-refractivity contribution in [3.8, 4) is 23.5 Å². The van der Waals surface area contributed by atoms with Gasteiger partial charge in [0.2, 0.25) is 17.7 Å².